The molecule has 0 aliphatic heterocycles. The van der Waals surface area contributed by atoms with Gasteiger partial charge in [-0.3, -0.25) is 0 Å². The third-order valence-electron chi connectivity index (χ3n) is 0.838. The van der Waals surface area contributed by atoms with Gasteiger partial charge in [-0.25, -0.2) is 0 Å². The van der Waals surface area contributed by atoms with Crippen LogP contribution in [-0.2, 0) is 20.4 Å². The van der Waals surface area contributed by atoms with Gasteiger partial charge in [0.25, 0.3) is 0 Å². The van der Waals surface area contributed by atoms with Crippen LogP contribution in [0.3, 0.4) is 0 Å². The van der Waals surface area contributed by atoms with Crippen LogP contribution in [0, 0.1) is 0 Å². The van der Waals surface area contributed by atoms with Crippen molar-refractivity contribution in [1.29, 1.82) is 0 Å². The van der Waals surface area contributed by atoms with Gasteiger partial charge in [-0.1, -0.05) is 33.4 Å². The second-order valence-electron chi connectivity index (χ2n) is 1.63. The van der Waals surface area contributed by atoms with Crippen molar-refractivity contribution in [1.82, 2.24) is 0 Å². The minimum Gasteiger partial charge on any atom is -0.475 e. The predicted molar refractivity (Wildman–Crippen MR) is 37.6 cm³/mol. The number of aliphatic imine (C=N–C) groups is 1. The molecular weight excluding hydrogens is 286 g/mol. The van der Waals surface area contributed by atoms with Crippen molar-refractivity contribution in [2.24, 2.45) is 4.99 Å². The normalized spacial score (nSPS) is 9.11. The summed E-state index contributed by atoms with van der Waals surface area (Å²) >= 11 is 0. The Bertz CT molecular complexity index is 64.1. The van der Waals surface area contributed by atoms with Gasteiger partial charge in [0.2, 0.25) is 0 Å². The van der Waals surface area contributed by atoms with E-state index >= 15 is 0 Å². The van der Waals surface area contributed by atoms with Crippen LogP contribution in [0.15, 0.2) is 4.99 Å². The molecule has 0 aliphatic carbocycles. The van der Waals surface area contributed by atoms with Crippen molar-refractivity contribution >= 4 is 6.34 Å². The molecule has 0 saturated carbocycles. The van der Waals surface area contributed by atoms with E-state index in [1.54, 1.807) is 13.4 Å². The average molecular weight is 299 g/mol. The van der Waals surface area contributed by atoms with Crippen LogP contribution in [0.5, 0.6) is 0 Å². The molecule has 0 saturated heterocycles. The first-order valence-corrected chi connectivity index (χ1v) is 2.99. The third-order valence-corrected chi connectivity index (χ3v) is 0.838. The fraction of sp³-hybridized carbons (Fsp3) is 0.833. The van der Waals surface area contributed by atoms with E-state index in [1.165, 1.54) is 12.8 Å². The van der Waals surface area contributed by atoms with Gasteiger partial charge < -0.3 is 10.3 Å². The molecule has 55 valence electrons. The molecule has 0 aromatic rings. The molecule has 0 heterocycles. The van der Waals surface area contributed by atoms with Crippen molar-refractivity contribution in [2.75, 3.05) is 13.6 Å². The van der Waals surface area contributed by atoms with Gasteiger partial charge in [-0.2, -0.15) is 0 Å². The summed E-state index contributed by atoms with van der Waals surface area (Å²) in [5, 5.41) is 3.72. The van der Waals surface area contributed by atoms with E-state index in [2.05, 4.69) is 17.2 Å². The first-order valence-electron chi connectivity index (χ1n) is 2.99. The Morgan fingerprint density at radius 1 is 1.56 bits per heavy atom. The maximum absolute atomic E-state index is 3.99. The third kappa shape index (κ3) is 11.6. The summed E-state index contributed by atoms with van der Waals surface area (Å²) in [5.41, 5.74) is 0. The predicted octanol–water partition coefficient (Wildman–Crippen LogP) is 1.82. The van der Waals surface area contributed by atoms with Gasteiger partial charge in [-0.15, -0.1) is 6.34 Å². The summed E-state index contributed by atoms with van der Waals surface area (Å²) in [6.07, 6.45) is 3.99. The zero-order chi connectivity index (χ0) is 6.24. The Hall–Kier alpha value is 0.132. The van der Waals surface area contributed by atoms with Crippen LogP contribution in [-0.4, -0.2) is 19.9 Å². The molecular formula is C6H13N2Re-. The van der Waals surface area contributed by atoms with Crippen molar-refractivity contribution in [3.8, 4) is 0 Å². The Labute approximate surface area is 70.8 Å². The summed E-state index contributed by atoms with van der Waals surface area (Å²) in [7, 11) is 1.73. The molecule has 0 rings (SSSR count). The van der Waals surface area contributed by atoms with Crippen molar-refractivity contribution in [3.63, 3.8) is 0 Å². The number of unbranched alkanes of at least 4 members (excludes halogenated alkanes) is 1. The summed E-state index contributed by atoms with van der Waals surface area (Å²) in [5.74, 6) is 0. The maximum Gasteiger partial charge on any atom is 0 e. The van der Waals surface area contributed by atoms with Crippen molar-refractivity contribution in [3.05, 3.63) is 5.32 Å². The smallest absolute Gasteiger partial charge is 0 e. The summed E-state index contributed by atoms with van der Waals surface area (Å²) in [6.45, 7) is 3.08. The van der Waals surface area contributed by atoms with E-state index in [9.17, 15) is 0 Å². The van der Waals surface area contributed by atoms with E-state index in [1.807, 2.05) is 0 Å². The van der Waals surface area contributed by atoms with E-state index in [-0.39, 0.29) is 20.4 Å². The van der Waals surface area contributed by atoms with Gasteiger partial charge in [-0.05, 0) is 0 Å². The Kier molecular flexibility index (Phi) is 14.5. The zero-order valence-electron chi connectivity index (χ0n) is 5.97. The molecule has 2 nitrogen and oxygen atoms in total. The minimum absolute atomic E-state index is 0. The quantitative estimate of drug-likeness (QED) is 0.430. The van der Waals surface area contributed by atoms with Crippen LogP contribution in [0.2, 0.25) is 0 Å². The Balaban J connectivity index is 0. The van der Waals surface area contributed by atoms with Crippen LogP contribution < -0.4 is 0 Å². The average Bonchev–Trinajstić information content (AvgIpc) is 1.81. The molecule has 0 fully saturated rings. The Morgan fingerprint density at radius 3 is 2.67 bits per heavy atom. The summed E-state index contributed by atoms with van der Waals surface area (Å²) in [4.78, 5) is 3.99. The van der Waals surface area contributed by atoms with Crippen molar-refractivity contribution in [2.45, 2.75) is 19.8 Å². The molecule has 9 heavy (non-hydrogen) atoms. The van der Waals surface area contributed by atoms with E-state index in [0.717, 1.165) is 6.54 Å². The van der Waals surface area contributed by atoms with Gasteiger partial charge in [0.1, 0.15) is 0 Å². The zero-order valence-corrected chi connectivity index (χ0v) is 8.69. The fourth-order valence-corrected chi connectivity index (χ4v) is 0.389. The summed E-state index contributed by atoms with van der Waals surface area (Å²) < 4.78 is 0. The van der Waals surface area contributed by atoms with Gasteiger partial charge in [0.15, 0.2) is 0 Å². The van der Waals surface area contributed by atoms with E-state index in [4.69, 9.17) is 0 Å². The van der Waals surface area contributed by atoms with Crippen LogP contribution in [0.25, 0.3) is 5.32 Å². The van der Waals surface area contributed by atoms with Gasteiger partial charge >= 0.3 is 0 Å². The topological polar surface area (TPSA) is 26.5 Å². The molecule has 0 aromatic carbocycles. The second-order valence-corrected chi connectivity index (χ2v) is 1.63. The molecule has 0 spiro atoms. The molecule has 0 N–H and O–H groups in total. The monoisotopic (exact) mass is 300 g/mol. The van der Waals surface area contributed by atoms with Gasteiger partial charge in [0.05, 0.1) is 0 Å². The van der Waals surface area contributed by atoms with E-state index in [0.29, 0.717) is 0 Å². The number of hydrogen-bond acceptors (Lipinski definition) is 1. The van der Waals surface area contributed by atoms with Crippen LogP contribution in [0.1, 0.15) is 19.8 Å². The maximum atomic E-state index is 3.99. The summed E-state index contributed by atoms with van der Waals surface area (Å²) in [6, 6.07) is 0. The van der Waals surface area contributed by atoms with Gasteiger partial charge in [0, 0.05) is 20.4 Å². The molecule has 3 heteroatoms. The van der Waals surface area contributed by atoms with Crippen LogP contribution >= 0.6 is 0 Å². The number of rotatable bonds is 4. The number of hydrogen-bond donors (Lipinski definition) is 0. The van der Waals surface area contributed by atoms with E-state index < -0.39 is 0 Å². The SMILES string of the molecule is CCCCN=C[N-]C.[Re]. The fourth-order valence-electron chi connectivity index (χ4n) is 0.389. The largest absolute Gasteiger partial charge is 0.475 e. The Morgan fingerprint density at radius 2 is 2.22 bits per heavy atom. The number of nitrogens with zero attached hydrogens (tertiary/aromatic N) is 2. The van der Waals surface area contributed by atoms with Crippen LogP contribution in [0.4, 0.5) is 0 Å². The molecule has 0 bridgehead atoms. The minimum atomic E-state index is 0. The molecule has 0 aliphatic rings. The molecule has 0 unspecified atom stereocenters. The first-order chi connectivity index (χ1) is 3.91. The molecule has 0 aromatic heterocycles. The second kappa shape index (κ2) is 11.0. The first kappa shape index (κ1) is 11.9. The molecule has 1 radical (unpaired) electrons. The van der Waals surface area contributed by atoms with Crippen molar-refractivity contribution < 1.29 is 20.4 Å². The molecule has 0 atom stereocenters. The standard InChI is InChI=1S/C6H13N2.Re/c1-3-4-5-8-6-7-2;/h6H,3-5H2,1-2H3;/q-1;. The molecule has 0 amide bonds.